The molecule has 0 spiro atoms. The van der Waals surface area contributed by atoms with E-state index in [1.165, 1.54) is 18.2 Å². The van der Waals surface area contributed by atoms with E-state index < -0.39 is 11.7 Å². The first kappa shape index (κ1) is 16.0. The average Bonchev–Trinajstić information content (AvgIpc) is 2.95. The minimum absolute atomic E-state index is 0.0234. The zero-order valence-electron chi connectivity index (χ0n) is 13.2. The van der Waals surface area contributed by atoms with Gasteiger partial charge in [-0.3, -0.25) is 9.59 Å². The summed E-state index contributed by atoms with van der Waals surface area (Å²) in [7, 11) is 1.56. The summed E-state index contributed by atoms with van der Waals surface area (Å²) in [5, 5.41) is 2.72. The number of rotatable bonds is 4. The van der Waals surface area contributed by atoms with Crippen LogP contribution < -0.4 is 15.0 Å². The zero-order valence-corrected chi connectivity index (χ0v) is 13.2. The van der Waals surface area contributed by atoms with E-state index in [1.54, 1.807) is 36.3 Å². The molecule has 6 heteroatoms. The summed E-state index contributed by atoms with van der Waals surface area (Å²) in [6, 6.07) is 12.6. The molecule has 0 bridgehead atoms. The molecule has 0 unspecified atom stereocenters. The van der Waals surface area contributed by atoms with E-state index >= 15 is 0 Å². The quantitative estimate of drug-likeness (QED) is 0.937. The van der Waals surface area contributed by atoms with Gasteiger partial charge in [-0.25, -0.2) is 4.39 Å². The maximum Gasteiger partial charge on any atom is 0.254 e. The molecule has 1 fully saturated rings. The van der Waals surface area contributed by atoms with Gasteiger partial charge >= 0.3 is 0 Å². The number of carbonyl (C=O) groups excluding carboxylic acids is 2. The normalized spacial score (nSPS) is 17.0. The Morgan fingerprint density at radius 2 is 2.04 bits per heavy atom. The largest absolute Gasteiger partial charge is 0.497 e. The summed E-state index contributed by atoms with van der Waals surface area (Å²) in [6.07, 6.45) is 0.178. The van der Waals surface area contributed by atoms with Crippen LogP contribution in [0.3, 0.4) is 0 Å². The van der Waals surface area contributed by atoms with Crippen LogP contribution in [0.2, 0.25) is 0 Å². The Hall–Kier alpha value is -2.89. The number of methoxy groups -OCH3 is 1. The summed E-state index contributed by atoms with van der Waals surface area (Å²) in [6.45, 7) is 0.339. The number of hydrogen-bond acceptors (Lipinski definition) is 3. The number of anilines is 1. The van der Waals surface area contributed by atoms with E-state index in [0.717, 1.165) is 0 Å². The summed E-state index contributed by atoms with van der Waals surface area (Å²) in [4.78, 5) is 26.0. The Balaban J connectivity index is 1.71. The minimum atomic E-state index is -0.580. The molecule has 1 heterocycles. The second-order valence-electron chi connectivity index (χ2n) is 5.56. The summed E-state index contributed by atoms with van der Waals surface area (Å²) in [5.41, 5.74) is 0.687. The van der Waals surface area contributed by atoms with Gasteiger partial charge in [0.2, 0.25) is 5.91 Å². The zero-order chi connectivity index (χ0) is 17.1. The number of amides is 2. The highest BCUT2D eigenvalue weighted by molar-refractivity contribution is 5.99. The number of ether oxygens (including phenoxy) is 1. The van der Waals surface area contributed by atoms with Gasteiger partial charge in [-0.05, 0) is 24.3 Å². The standard InChI is InChI=1S/C18H17FN2O3/c1-24-14-6-4-5-13(10-14)21-11-12(9-17(21)22)20-18(23)15-7-2-3-8-16(15)19/h2-8,10,12H,9,11H2,1H3,(H,20,23)/t12-/m1/s1. The molecule has 1 aliphatic rings. The van der Waals surface area contributed by atoms with Crippen LogP contribution in [0.25, 0.3) is 0 Å². The lowest BCUT2D eigenvalue weighted by Gasteiger charge is -2.18. The van der Waals surface area contributed by atoms with Gasteiger partial charge in [0.05, 0.1) is 18.7 Å². The third-order valence-corrected chi connectivity index (χ3v) is 3.94. The number of nitrogens with one attached hydrogen (secondary N) is 1. The first-order chi connectivity index (χ1) is 11.6. The van der Waals surface area contributed by atoms with Crippen molar-refractivity contribution in [2.45, 2.75) is 12.5 Å². The molecule has 2 amide bonds. The molecule has 3 rings (SSSR count). The average molecular weight is 328 g/mol. The molecule has 24 heavy (non-hydrogen) atoms. The van der Waals surface area contributed by atoms with Gasteiger partial charge in [0.25, 0.3) is 5.91 Å². The molecular weight excluding hydrogens is 311 g/mol. The van der Waals surface area contributed by atoms with E-state index in [1.807, 2.05) is 6.07 Å². The SMILES string of the molecule is COc1cccc(N2C[C@H](NC(=O)c3ccccc3F)CC2=O)c1. The molecular formula is C18H17FN2O3. The second kappa shape index (κ2) is 6.70. The van der Waals surface area contributed by atoms with Crippen LogP contribution in [0.4, 0.5) is 10.1 Å². The number of hydrogen-bond donors (Lipinski definition) is 1. The van der Waals surface area contributed by atoms with E-state index in [-0.39, 0.29) is 23.9 Å². The van der Waals surface area contributed by atoms with Gasteiger partial charge in [-0.1, -0.05) is 18.2 Å². The van der Waals surface area contributed by atoms with Crippen molar-refractivity contribution >= 4 is 17.5 Å². The van der Waals surface area contributed by atoms with E-state index in [4.69, 9.17) is 4.74 Å². The van der Waals surface area contributed by atoms with Gasteiger partial charge in [0.15, 0.2) is 0 Å². The van der Waals surface area contributed by atoms with Crippen molar-refractivity contribution in [2.75, 3.05) is 18.6 Å². The lowest BCUT2D eigenvalue weighted by molar-refractivity contribution is -0.117. The number of carbonyl (C=O) groups is 2. The van der Waals surface area contributed by atoms with Crippen LogP contribution in [0.15, 0.2) is 48.5 Å². The van der Waals surface area contributed by atoms with Crippen LogP contribution in [0, 0.1) is 5.82 Å². The smallest absolute Gasteiger partial charge is 0.254 e. The number of halogens is 1. The maximum atomic E-state index is 13.7. The molecule has 1 saturated heterocycles. The molecule has 2 aromatic rings. The van der Waals surface area contributed by atoms with Gasteiger partial charge in [-0.15, -0.1) is 0 Å². The van der Waals surface area contributed by atoms with Gasteiger partial charge in [0.1, 0.15) is 11.6 Å². The predicted octanol–water partition coefficient (Wildman–Crippen LogP) is 2.37. The highest BCUT2D eigenvalue weighted by atomic mass is 19.1. The van der Waals surface area contributed by atoms with E-state index in [9.17, 15) is 14.0 Å². The minimum Gasteiger partial charge on any atom is -0.497 e. The van der Waals surface area contributed by atoms with Gasteiger partial charge in [0, 0.05) is 24.7 Å². The first-order valence-corrected chi connectivity index (χ1v) is 7.58. The lowest BCUT2D eigenvalue weighted by atomic mass is 10.1. The first-order valence-electron chi connectivity index (χ1n) is 7.58. The van der Waals surface area contributed by atoms with Crippen molar-refractivity contribution in [3.8, 4) is 5.75 Å². The van der Waals surface area contributed by atoms with Crippen LogP contribution in [-0.2, 0) is 4.79 Å². The van der Waals surface area contributed by atoms with Crippen molar-refractivity contribution in [1.82, 2.24) is 5.32 Å². The molecule has 0 aromatic heterocycles. The highest BCUT2D eigenvalue weighted by Crippen LogP contribution is 2.25. The fourth-order valence-electron chi connectivity index (χ4n) is 2.74. The second-order valence-corrected chi connectivity index (χ2v) is 5.56. The van der Waals surface area contributed by atoms with Crippen molar-refractivity contribution in [1.29, 1.82) is 0 Å². The predicted molar refractivity (Wildman–Crippen MR) is 87.6 cm³/mol. The molecule has 2 aromatic carbocycles. The summed E-state index contributed by atoms with van der Waals surface area (Å²) >= 11 is 0. The Morgan fingerprint density at radius 3 is 2.79 bits per heavy atom. The Kier molecular flexibility index (Phi) is 4.46. The molecule has 0 saturated carbocycles. The topological polar surface area (TPSA) is 58.6 Å². The fourth-order valence-corrected chi connectivity index (χ4v) is 2.74. The third kappa shape index (κ3) is 3.22. The summed E-state index contributed by atoms with van der Waals surface area (Å²) < 4.78 is 18.8. The Labute approximate surface area is 139 Å². The third-order valence-electron chi connectivity index (χ3n) is 3.94. The highest BCUT2D eigenvalue weighted by Gasteiger charge is 2.32. The number of benzene rings is 2. The van der Waals surface area contributed by atoms with Crippen LogP contribution in [0.5, 0.6) is 5.75 Å². The molecule has 1 aliphatic heterocycles. The molecule has 0 radical (unpaired) electrons. The van der Waals surface area contributed by atoms with Gasteiger partial charge < -0.3 is 15.0 Å². The van der Waals surface area contributed by atoms with Gasteiger partial charge in [-0.2, -0.15) is 0 Å². The molecule has 0 aliphatic carbocycles. The molecule has 124 valence electrons. The van der Waals surface area contributed by atoms with Crippen molar-refractivity contribution in [3.63, 3.8) is 0 Å². The Bertz CT molecular complexity index is 778. The van der Waals surface area contributed by atoms with Crippen LogP contribution in [0.1, 0.15) is 16.8 Å². The van der Waals surface area contributed by atoms with E-state index in [2.05, 4.69) is 5.32 Å². The van der Waals surface area contributed by atoms with Crippen LogP contribution >= 0.6 is 0 Å². The maximum absolute atomic E-state index is 13.7. The van der Waals surface area contributed by atoms with Crippen LogP contribution in [-0.4, -0.2) is 31.5 Å². The monoisotopic (exact) mass is 328 g/mol. The Morgan fingerprint density at radius 1 is 1.25 bits per heavy atom. The summed E-state index contributed by atoms with van der Waals surface area (Å²) in [5.74, 6) is -0.538. The van der Waals surface area contributed by atoms with Crippen molar-refractivity contribution < 1.29 is 18.7 Å². The fraction of sp³-hybridized carbons (Fsp3) is 0.222. The molecule has 1 N–H and O–H groups in total. The molecule has 1 atom stereocenters. The van der Waals surface area contributed by atoms with E-state index in [0.29, 0.717) is 18.0 Å². The van der Waals surface area contributed by atoms with Crippen molar-refractivity contribution in [2.24, 2.45) is 0 Å². The molecule has 5 nitrogen and oxygen atoms in total. The van der Waals surface area contributed by atoms with Crippen molar-refractivity contribution in [3.05, 3.63) is 59.9 Å². The number of nitrogens with zero attached hydrogens (tertiary/aromatic N) is 1. The lowest BCUT2D eigenvalue weighted by Crippen LogP contribution is -2.37.